The van der Waals surface area contributed by atoms with Gasteiger partial charge in [0.1, 0.15) is 5.60 Å². The lowest BCUT2D eigenvalue weighted by atomic mass is 9.85. The smallest absolute Gasteiger partial charge is 0.221 e. The van der Waals surface area contributed by atoms with Gasteiger partial charge in [-0.3, -0.25) is 4.79 Å². The number of amides is 1. The fourth-order valence-corrected chi connectivity index (χ4v) is 3.05. The number of nitrogens with zero attached hydrogens (tertiary/aromatic N) is 2. The Morgan fingerprint density at radius 1 is 1.33 bits per heavy atom. The molecule has 3 rings (SSSR count). The van der Waals surface area contributed by atoms with Gasteiger partial charge < -0.3 is 15.0 Å². The van der Waals surface area contributed by atoms with Crippen molar-refractivity contribution in [3.05, 3.63) is 60.2 Å². The highest BCUT2D eigenvalue weighted by atomic mass is 16.3. The van der Waals surface area contributed by atoms with E-state index in [1.165, 1.54) is 6.92 Å². The van der Waals surface area contributed by atoms with Crippen molar-refractivity contribution in [1.29, 1.82) is 0 Å². The van der Waals surface area contributed by atoms with Crippen molar-refractivity contribution < 1.29 is 9.90 Å². The summed E-state index contributed by atoms with van der Waals surface area (Å²) in [5.74, 6) is -0.123. The molecule has 1 amide bonds. The van der Waals surface area contributed by atoms with Crippen LogP contribution in [0.4, 0.5) is 5.69 Å². The first kappa shape index (κ1) is 16.2. The normalized spacial score (nSPS) is 13.7. The number of aryl methyl sites for hydroxylation is 1. The van der Waals surface area contributed by atoms with Crippen molar-refractivity contribution in [2.75, 3.05) is 5.32 Å². The van der Waals surface area contributed by atoms with Crippen molar-refractivity contribution in [2.24, 2.45) is 7.05 Å². The molecule has 1 unspecified atom stereocenters. The Bertz CT molecular complexity index is 901. The third-order valence-electron chi connectivity index (χ3n) is 4.29. The zero-order valence-corrected chi connectivity index (χ0v) is 14.1. The van der Waals surface area contributed by atoms with E-state index in [-0.39, 0.29) is 5.91 Å². The van der Waals surface area contributed by atoms with Gasteiger partial charge >= 0.3 is 0 Å². The Morgan fingerprint density at radius 3 is 2.75 bits per heavy atom. The van der Waals surface area contributed by atoms with E-state index in [1.54, 1.807) is 6.33 Å². The minimum atomic E-state index is -1.18. The van der Waals surface area contributed by atoms with E-state index in [9.17, 15) is 9.90 Å². The number of nitrogens with one attached hydrogen (secondary N) is 1. The molecular weight excluding hydrogens is 302 g/mol. The summed E-state index contributed by atoms with van der Waals surface area (Å²) in [6, 6.07) is 11.5. The third kappa shape index (κ3) is 2.78. The molecule has 1 atom stereocenters. The van der Waals surface area contributed by atoms with Crippen LogP contribution in [0.2, 0.25) is 0 Å². The topological polar surface area (TPSA) is 67.2 Å². The lowest BCUT2D eigenvalue weighted by Crippen LogP contribution is -2.27. The molecule has 0 saturated heterocycles. The van der Waals surface area contributed by atoms with Crippen molar-refractivity contribution in [1.82, 2.24) is 9.55 Å². The molecule has 2 aromatic carbocycles. The minimum absolute atomic E-state index is 0.123. The van der Waals surface area contributed by atoms with Crippen molar-refractivity contribution in [2.45, 2.75) is 25.9 Å². The number of benzene rings is 2. The van der Waals surface area contributed by atoms with Crippen LogP contribution >= 0.6 is 0 Å². The van der Waals surface area contributed by atoms with Gasteiger partial charge in [0.05, 0.1) is 12.0 Å². The van der Waals surface area contributed by atoms with Gasteiger partial charge in [0, 0.05) is 25.9 Å². The van der Waals surface area contributed by atoms with Gasteiger partial charge in [-0.2, -0.15) is 0 Å². The molecule has 1 heterocycles. The van der Waals surface area contributed by atoms with Crippen LogP contribution in [-0.4, -0.2) is 20.6 Å². The Hall–Kier alpha value is -2.66. The molecule has 0 radical (unpaired) electrons. The summed E-state index contributed by atoms with van der Waals surface area (Å²) in [5, 5.41) is 16.1. The van der Waals surface area contributed by atoms with Gasteiger partial charge in [-0.1, -0.05) is 31.2 Å². The van der Waals surface area contributed by atoms with E-state index in [0.717, 1.165) is 16.3 Å². The van der Waals surface area contributed by atoms with Crippen LogP contribution in [-0.2, 0) is 17.4 Å². The lowest BCUT2D eigenvalue weighted by molar-refractivity contribution is -0.114. The summed E-state index contributed by atoms with van der Waals surface area (Å²) >= 11 is 0. The number of aliphatic hydroxyl groups is 1. The standard InChI is InChI=1S/C19H21N3O2/c1-4-19(24,18-11-22(3)12-20-18)17-7-5-6-14-8-9-15(10-16(14)17)21-13(2)23/h5-12,24H,4H2,1-3H3,(H,21,23). The summed E-state index contributed by atoms with van der Waals surface area (Å²) in [6.07, 6.45) is 4.01. The van der Waals surface area contributed by atoms with E-state index >= 15 is 0 Å². The SMILES string of the molecule is CCC(O)(c1cn(C)cn1)c1cccc2ccc(NC(C)=O)cc12. The average Bonchev–Trinajstić information content (AvgIpc) is 3.00. The van der Waals surface area contributed by atoms with E-state index in [1.807, 2.05) is 61.1 Å². The first-order chi connectivity index (χ1) is 11.4. The largest absolute Gasteiger partial charge is 0.379 e. The Morgan fingerprint density at radius 2 is 2.12 bits per heavy atom. The summed E-state index contributed by atoms with van der Waals surface area (Å²) in [5.41, 5.74) is 0.926. The van der Waals surface area contributed by atoms with Crippen LogP contribution in [0.3, 0.4) is 0 Å². The minimum Gasteiger partial charge on any atom is -0.379 e. The molecule has 0 bridgehead atoms. The highest BCUT2D eigenvalue weighted by molar-refractivity contribution is 5.94. The fraction of sp³-hybridized carbons (Fsp3) is 0.263. The maximum Gasteiger partial charge on any atom is 0.221 e. The molecule has 5 heteroatoms. The predicted molar refractivity (Wildman–Crippen MR) is 94.7 cm³/mol. The molecule has 24 heavy (non-hydrogen) atoms. The number of aromatic nitrogens is 2. The molecular formula is C19H21N3O2. The second kappa shape index (κ2) is 6.09. The molecule has 0 fully saturated rings. The van der Waals surface area contributed by atoms with Gasteiger partial charge in [-0.25, -0.2) is 4.98 Å². The summed E-state index contributed by atoms with van der Waals surface area (Å²) < 4.78 is 1.82. The zero-order chi connectivity index (χ0) is 17.3. The van der Waals surface area contributed by atoms with Crippen molar-refractivity contribution in [3.8, 4) is 0 Å². The molecule has 5 nitrogen and oxygen atoms in total. The highest BCUT2D eigenvalue weighted by Gasteiger charge is 2.33. The maximum absolute atomic E-state index is 11.4. The highest BCUT2D eigenvalue weighted by Crippen LogP contribution is 2.37. The first-order valence-corrected chi connectivity index (χ1v) is 7.95. The summed E-state index contributed by atoms with van der Waals surface area (Å²) in [7, 11) is 1.88. The Labute approximate surface area is 141 Å². The van der Waals surface area contributed by atoms with Crippen molar-refractivity contribution >= 4 is 22.4 Å². The number of hydrogen-bond acceptors (Lipinski definition) is 3. The van der Waals surface area contributed by atoms with Gasteiger partial charge in [0.2, 0.25) is 5.91 Å². The fourth-order valence-electron chi connectivity index (χ4n) is 3.05. The Kier molecular flexibility index (Phi) is 4.11. The van der Waals surface area contributed by atoms with Crippen LogP contribution < -0.4 is 5.32 Å². The van der Waals surface area contributed by atoms with E-state index in [4.69, 9.17) is 0 Å². The number of rotatable bonds is 4. The quantitative estimate of drug-likeness (QED) is 0.775. The van der Waals surface area contributed by atoms with Crippen LogP contribution in [0, 0.1) is 0 Å². The molecule has 3 aromatic rings. The van der Waals surface area contributed by atoms with E-state index in [0.29, 0.717) is 17.8 Å². The van der Waals surface area contributed by atoms with Crippen LogP contribution in [0.25, 0.3) is 10.8 Å². The number of hydrogen-bond donors (Lipinski definition) is 2. The monoisotopic (exact) mass is 323 g/mol. The maximum atomic E-state index is 11.4. The summed E-state index contributed by atoms with van der Waals surface area (Å²) in [6.45, 7) is 3.41. The molecule has 1 aromatic heterocycles. The molecule has 0 aliphatic heterocycles. The number of imidazole rings is 1. The number of anilines is 1. The predicted octanol–water partition coefficient (Wildman–Crippen LogP) is 3.18. The third-order valence-corrected chi connectivity index (χ3v) is 4.29. The molecule has 124 valence electrons. The second-order valence-electron chi connectivity index (χ2n) is 6.06. The summed E-state index contributed by atoms with van der Waals surface area (Å²) in [4.78, 5) is 15.7. The molecule has 0 spiro atoms. The molecule has 0 aliphatic carbocycles. The lowest BCUT2D eigenvalue weighted by Gasteiger charge is -2.27. The van der Waals surface area contributed by atoms with Crippen molar-refractivity contribution in [3.63, 3.8) is 0 Å². The molecule has 0 saturated carbocycles. The van der Waals surface area contributed by atoms with E-state index < -0.39 is 5.60 Å². The van der Waals surface area contributed by atoms with Gasteiger partial charge in [-0.15, -0.1) is 0 Å². The molecule has 2 N–H and O–H groups in total. The van der Waals surface area contributed by atoms with Gasteiger partial charge in [0.25, 0.3) is 0 Å². The number of carbonyl (C=O) groups is 1. The van der Waals surface area contributed by atoms with Crippen LogP contribution in [0.5, 0.6) is 0 Å². The molecule has 0 aliphatic rings. The average molecular weight is 323 g/mol. The van der Waals surface area contributed by atoms with E-state index in [2.05, 4.69) is 10.3 Å². The second-order valence-corrected chi connectivity index (χ2v) is 6.06. The number of carbonyl (C=O) groups excluding carboxylic acids is 1. The zero-order valence-electron chi connectivity index (χ0n) is 14.1. The van der Waals surface area contributed by atoms with Crippen LogP contribution in [0.15, 0.2) is 48.9 Å². The van der Waals surface area contributed by atoms with Crippen LogP contribution in [0.1, 0.15) is 31.5 Å². The first-order valence-electron chi connectivity index (χ1n) is 7.95. The van der Waals surface area contributed by atoms with Gasteiger partial charge in [-0.05, 0) is 34.9 Å². The van der Waals surface area contributed by atoms with Gasteiger partial charge in [0.15, 0.2) is 0 Å². The Balaban J connectivity index is 2.21. The number of fused-ring (bicyclic) bond motifs is 1.